The Labute approximate surface area is 119 Å². The molecule has 0 saturated carbocycles. The van der Waals surface area contributed by atoms with Gasteiger partial charge in [0.2, 0.25) is 11.8 Å². The van der Waals surface area contributed by atoms with Crippen molar-refractivity contribution >= 4 is 41.1 Å². The molecule has 0 spiro atoms. The van der Waals surface area contributed by atoms with Gasteiger partial charge in [0.1, 0.15) is 6.04 Å². The molecular weight excluding hydrogens is 290 g/mol. The van der Waals surface area contributed by atoms with E-state index in [0.29, 0.717) is 22.7 Å². The first-order chi connectivity index (χ1) is 9.02. The topological polar surface area (TPSA) is 87.6 Å². The van der Waals surface area contributed by atoms with Gasteiger partial charge in [0.15, 0.2) is 0 Å². The average molecular weight is 302 g/mol. The zero-order valence-corrected chi connectivity index (χ0v) is 11.6. The molecule has 0 fully saturated rings. The molecule has 0 aliphatic carbocycles. The second kappa shape index (κ2) is 7.75. The number of anilines is 1. The zero-order chi connectivity index (χ0) is 14.3. The highest BCUT2D eigenvalue weighted by molar-refractivity contribution is 7.97. The van der Waals surface area contributed by atoms with E-state index in [2.05, 4.69) is 15.2 Å². The molecule has 0 heterocycles. The van der Waals surface area contributed by atoms with Crippen LogP contribution in [0, 0.1) is 4.91 Å². The molecule has 2 N–H and O–H groups in total. The van der Waals surface area contributed by atoms with Crippen molar-refractivity contribution in [3.8, 4) is 0 Å². The number of carbonyl (C=O) groups is 2. The summed E-state index contributed by atoms with van der Waals surface area (Å²) in [5, 5.41) is 5.62. The second-order valence-electron chi connectivity index (χ2n) is 3.62. The standard InChI is InChI=1S/C11H12ClN3O3S/c1-7(16)13-10(6-19-15-18)11(17)14-9-4-2-8(12)3-5-9/h2-5,10H,6H2,1H3,(H,13,16)(H,14,17)/t10-/m0/s1. The molecule has 0 saturated heterocycles. The summed E-state index contributed by atoms with van der Waals surface area (Å²) in [6, 6.07) is 5.71. The predicted molar refractivity (Wildman–Crippen MR) is 75.9 cm³/mol. The summed E-state index contributed by atoms with van der Waals surface area (Å²) in [6.07, 6.45) is 0. The predicted octanol–water partition coefficient (Wildman–Crippen LogP) is 2.20. The lowest BCUT2D eigenvalue weighted by molar-refractivity contribution is -0.124. The van der Waals surface area contributed by atoms with Crippen molar-refractivity contribution < 1.29 is 9.59 Å². The van der Waals surface area contributed by atoms with Crippen LogP contribution in [0.2, 0.25) is 5.02 Å². The van der Waals surface area contributed by atoms with E-state index in [1.54, 1.807) is 24.3 Å². The molecule has 0 unspecified atom stereocenters. The van der Waals surface area contributed by atoms with Crippen molar-refractivity contribution in [2.24, 2.45) is 4.58 Å². The number of hydrogen-bond donors (Lipinski definition) is 2. The minimum Gasteiger partial charge on any atom is -0.344 e. The van der Waals surface area contributed by atoms with Crippen molar-refractivity contribution in [1.82, 2.24) is 5.32 Å². The van der Waals surface area contributed by atoms with Gasteiger partial charge >= 0.3 is 0 Å². The number of carbonyl (C=O) groups excluding carboxylic acids is 2. The van der Waals surface area contributed by atoms with Crippen LogP contribution in [0.4, 0.5) is 5.69 Å². The zero-order valence-electron chi connectivity index (χ0n) is 10.1. The molecule has 19 heavy (non-hydrogen) atoms. The molecule has 102 valence electrons. The van der Waals surface area contributed by atoms with E-state index < -0.39 is 11.9 Å². The first-order valence-electron chi connectivity index (χ1n) is 5.31. The largest absolute Gasteiger partial charge is 0.344 e. The molecule has 6 nitrogen and oxygen atoms in total. The van der Waals surface area contributed by atoms with E-state index in [9.17, 15) is 14.5 Å². The SMILES string of the molecule is CC(=O)N[C@@H](CSN=O)C(=O)Nc1ccc(Cl)cc1. The van der Waals surface area contributed by atoms with Gasteiger partial charge in [-0.25, -0.2) is 0 Å². The van der Waals surface area contributed by atoms with Crippen molar-refractivity contribution in [2.75, 3.05) is 11.1 Å². The molecule has 1 atom stereocenters. The number of nitroso groups, excluding NO2 is 1. The molecule has 1 aromatic carbocycles. The fourth-order valence-electron chi connectivity index (χ4n) is 1.30. The van der Waals surface area contributed by atoms with E-state index in [1.165, 1.54) is 6.92 Å². The lowest BCUT2D eigenvalue weighted by atomic mass is 10.2. The molecule has 0 aromatic heterocycles. The summed E-state index contributed by atoms with van der Waals surface area (Å²) < 4.78 is 2.60. The van der Waals surface area contributed by atoms with E-state index in [-0.39, 0.29) is 11.7 Å². The van der Waals surface area contributed by atoms with Gasteiger partial charge in [0.05, 0.1) is 0 Å². The summed E-state index contributed by atoms with van der Waals surface area (Å²) in [5.74, 6) is -0.709. The van der Waals surface area contributed by atoms with E-state index in [0.717, 1.165) is 0 Å². The van der Waals surface area contributed by atoms with E-state index >= 15 is 0 Å². The number of halogens is 1. The Morgan fingerprint density at radius 3 is 2.53 bits per heavy atom. The van der Waals surface area contributed by atoms with Crippen LogP contribution in [0.25, 0.3) is 0 Å². The average Bonchev–Trinajstić information content (AvgIpc) is 2.36. The van der Waals surface area contributed by atoms with Crippen LogP contribution in [0.15, 0.2) is 28.8 Å². The van der Waals surface area contributed by atoms with Crippen molar-refractivity contribution in [1.29, 1.82) is 0 Å². The van der Waals surface area contributed by atoms with Crippen molar-refractivity contribution in [2.45, 2.75) is 13.0 Å². The van der Waals surface area contributed by atoms with Crippen LogP contribution in [0.1, 0.15) is 6.92 Å². The Hall–Kier alpha value is -1.60. The number of amides is 2. The first kappa shape index (κ1) is 15.5. The molecule has 0 aliphatic rings. The highest BCUT2D eigenvalue weighted by Crippen LogP contribution is 2.14. The quantitative estimate of drug-likeness (QED) is 0.623. The van der Waals surface area contributed by atoms with E-state index in [1.807, 2.05) is 0 Å². The van der Waals surface area contributed by atoms with Gasteiger partial charge < -0.3 is 10.6 Å². The molecule has 0 aliphatic heterocycles. The molecule has 0 radical (unpaired) electrons. The maximum atomic E-state index is 11.9. The minimum atomic E-state index is -0.823. The number of nitrogens with one attached hydrogen (secondary N) is 2. The minimum absolute atomic E-state index is 0.0719. The third-order valence-electron chi connectivity index (χ3n) is 2.10. The Kier molecular flexibility index (Phi) is 6.31. The summed E-state index contributed by atoms with van der Waals surface area (Å²) in [6.45, 7) is 1.29. The molecule has 8 heteroatoms. The van der Waals surface area contributed by atoms with Gasteiger partial charge in [-0.15, -0.1) is 4.91 Å². The Balaban J connectivity index is 2.67. The van der Waals surface area contributed by atoms with Crippen molar-refractivity contribution in [3.63, 3.8) is 0 Å². The van der Waals surface area contributed by atoms with Gasteiger partial charge in [0, 0.05) is 39.9 Å². The monoisotopic (exact) mass is 301 g/mol. The van der Waals surface area contributed by atoms with Crippen LogP contribution in [0.5, 0.6) is 0 Å². The van der Waals surface area contributed by atoms with Gasteiger partial charge in [-0.2, -0.15) is 0 Å². The summed E-state index contributed by atoms with van der Waals surface area (Å²) in [4.78, 5) is 33.0. The van der Waals surface area contributed by atoms with Crippen LogP contribution in [0.3, 0.4) is 0 Å². The fraction of sp³-hybridized carbons (Fsp3) is 0.273. The summed E-state index contributed by atoms with van der Waals surface area (Å²) in [7, 11) is 0. The molecular formula is C11H12ClN3O3S. The Bertz CT molecular complexity index is 467. The Morgan fingerprint density at radius 1 is 1.37 bits per heavy atom. The number of rotatable bonds is 6. The smallest absolute Gasteiger partial charge is 0.247 e. The number of benzene rings is 1. The van der Waals surface area contributed by atoms with Gasteiger partial charge in [-0.1, -0.05) is 11.6 Å². The number of hydrogen-bond acceptors (Lipinski definition) is 5. The molecule has 2 amide bonds. The Morgan fingerprint density at radius 2 is 2.00 bits per heavy atom. The van der Waals surface area contributed by atoms with Crippen LogP contribution in [-0.2, 0) is 9.59 Å². The molecule has 1 rings (SSSR count). The van der Waals surface area contributed by atoms with Crippen LogP contribution < -0.4 is 10.6 Å². The highest BCUT2D eigenvalue weighted by atomic mass is 35.5. The number of nitrogens with zero attached hydrogens (tertiary/aromatic N) is 1. The van der Waals surface area contributed by atoms with Crippen LogP contribution >= 0.6 is 23.5 Å². The lowest BCUT2D eigenvalue weighted by Crippen LogP contribution is -2.44. The van der Waals surface area contributed by atoms with Gasteiger partial charge in [-0.3, -0.25) is 9.59 Å². The second-order valence-corrected chi connectivity index (χ2v) is 4.80. The summed E-state index contributed by atoms with van der Waals surface area (Å²) in [5.41, 5.74) is 0.550. The highest BCUT2D eigenvalue weighted by Gasteiger charge is 2.19. The van der Waals surface area contributed by atoms with Crippen molar-refractivity contribution in [3.05, 3.63) is 34.2 Å². The summed E-state index contributed by atoms with van der Waals surface area (Å²) >= 11 is 6.40. The molecule has 1 aromatic rings. The first-order valence-corrected chi connectivity index (χ1v) is 6.63. The maximum Gasteiger partial charge on any atom is 0.247 e. The maximum absolute atomic E-state index is 11.9. The normalized spacial score (nSPS) is 11.5. The third-order valence-corrected chi connectivity index (χ3v) is 2.94. The lowest BCUT2D eigenvalue weighted by Gasteiger charge is -2.15. The van der Waals surface area contributed by atoms with E-state index in [4.69, 9.17) is 11.6 Å². The van der Waals surface area contributed by atoms with Crippen LogP contribution in [-0.4, -0.2) is 23.6 Å². The third kappa shape index (κ3) is 5.71. The molecule has 0 bridgehead atoms. The fourth-order valence-corrected chi connectivity index (χ4v) is 1.87. The van der Waals surface area contributed by atoms with Gasteiger partial charge in [-0.05, 0) is 24.3 Å². The van der Waals surface area contributed by atoms with Gasteiger partial charge in [0.25, 0.3) is 0 Å².